The highest BCUT2D eigenvalue weighted by molar-refractivity contribution is 5.94. The number of phenolic OH excluding ortho intramolecular Hbond substituents is 2. The number of ketones is 1. The first-order valence-electron chi connectivity index (χ1n) is 30.7. The van der Waals surface area contributed by atoms with E-state index in [0.29, 0.717) is 0 Å². The zero-order chi connectivity index (χ0) is 65.7. The molecular weight excluding hydrogens is 1220 g/mol. The third kappa shape index (κ3) is 12.7. The molecule has 8 N–H and O–H groups in total. The standard InChI is InChI=1S/C59H86O32/c1-21(2)51(68)83-47-44-34(88-59(89-44)50-49(74-20-75-50)58(70,27(8)61)28(9)87-59)19-73-54(47)85-55-46(72-12)38(66)43(33(18-60)79-55)84-53-39(67)45(42(71-11)24(5)78-53)81-36-17-56(10)48(26(7)77-36)90-57(91-56)16-32(65)41(25(6)86-57)80-35-15-31(64)40(23(4)76-35)82-52(69)37-22(3)13-29(62)14-30(37)63/h13-14,21,23-26,28,31-36,38-50,53-55,60,62-67,70H,15-20H2,1-12H3/t23-,24-,25-,26-,28-,31-,32-,33-,34+,35+,36+,38+,39-,40-,41-,42+,43-,44-,45-,46+,47-,48-,49-,50-,53+,54-,55+,56-,57?,58+,59-/m1/s1. The number of aliphatic hydroxyl groups is 6. The molecule has 0 saturated carbocycles. The number of ether oxygens (including phenoxy) is 21. The van der Waals surface area contributed by atoms with Crippen LogP contribution in [0.5, 0.6) is 11.5 Å². The molecular formula is C59H86O32. The average Bonchev–Trinajstić information content (AvgIpc) is 1.63. The number of carbonyl (C=O) groups is 3. The van der Waals surface area contributed by atoms with E-state index < -0.39 is 225 Å². The van der Waals surface area contributed by atoms with Crippen LogP contribution < -0.4 is 0 Å². The van der Waals surface area contributed by atoms with Crippen LogP contribution in [-0.2, 0) is 109 Å². The lowest BCUT2D eigenvalue weighted by Crippen LogP contribution is -2.72. The number of Topliss-reactive ketones (excluding diaryl/α,β-unsaturated/α-hetero) is 1. The smallest absolute Gasteiger partial charge is 0.342 e. The molecule has 1 aromatic rings. The highest BCUT2D eigenvalue weighted by Crippen LogP contribution is 2.53. The number of hydrogen-bond acceptors (Lipinski definition) is 32. The molecule has 10 fully saturated rings. The number of methoxy groups -OCH3 is 2. The maximum absolute atomic E-state index is 13.4. The van der Waals surface area contributed by atoms with Gasteiger partial charge < -0.3 is 140 Å². The van der Waals surface area contributed by atoms with Crippen molar-refractivity contribution in [1.29, 1.82) is 0 Å². The zero-order valence-electron chi connectivity index (χ0n) is 52.4. The Morgan fingerprint density at radius 3 is 2.01 bits per heavy atom. The minimum Gasteiger partial charge on any atom is -0.508 e. The number of aryl methyl sites for hydroxylation is 1. The van der Waals surface area contributed by atoms with Gasteiger partial charge in [-0.3, -0.25) is 9.59 Å². The monoisotopic (exact) mass is 1310 g/mol. The predicted octanol–water partition coefficient (Wildman–Crippen LogP) is -1.21. The Morgan fingerprint density at radius 2 is 1.35 bits per heavy atom. The molecule has 0 aromatic heterocycles. The van der Waals surface area contributed by atoms with Gasteiger partial charge in [-0.15, -0.1) is 0 Å². The summed E-state index contributed by atoms with van der Waals surface area (Å²) in [7, 11) is 2.65. The molecule has 1 unspecified atom stereocenters. The van der Waals surface area contributed by atoms with Gasteiger partial charge in [0.2, 0.25) is 6.29 Å². The molecule has 0 amide bonds. The summed E-state index contributed by atoms with van der Waals surface area (Å²) >= 11 is 0. The molecule has 31 atom stereocenters. The topological polar surface area (TPSA) is 407 Å². The van der Waals surface area contributed by atoms with Crippen molar-refractivity contribution in [3.8, 4) is 11.5 Å². The van der Waals surface area contributed by atoms with Gasteiger partial charge >= 0.3 is 17.9 Å². The molecule has 11 rings (SSSR count). The summed E-state index contributed by atoms with van der Waals surface area (Å²) in [6.45, 7) is 14.3. The molecule has 32 nitrogen and oxygen atoms in total. The summed E-state index contributed by atoms with van der Waals surface area (Å²) in [5.74, 6) is -7.55. The van der Waals surface area contributed by atoms with Crippen molar-refractivity contribution in [2.75, 3.05) is 34.2 Å². The molecule has 514 valence electrons. The molecule has 10 saturated heterocycles. The molecule has 1 aromatic carbocycles. The van der Waals surface area contributed by atoms with E-state index in [1.165, 1.54) is 41.1 Å². The molecule has 0 aliphatic carbocycles. The van der Waals surface area contributed by atoms with E-state index in [2.05, 4.69) is 0 Å². The van der Waals surface area contributed by atoms with Crippen molar-refractivity contribution in [1.82, 2.24) is 0 Å². The first kappa shape index (κ1) is 68.8. The van der Waals surface area contributed by atoms with E-state index in [1.807, 2.05) is 0 Å². The lowest BCUT2D eigenvalue weighted by atomic mass is 9.81. The van der Waals surface area contributed by atoms with Crippen molar-refractivity contribution in [2.24, 2.45) is 5.92 Å². The van der Waals surface area contributed by atoms with Gasteiger partial charge in [0.1, 0.15) is 103 Å². The fourth-order valence-electron chi connectivity index (χ4n) is 14.2. The molecule has 91 heavy (non-hydrogen) atoms. The van der Waals surface area contributed by atoms with Crippen LogP contribution in [0.1, 0.15) is 97.5 Å². The molecule has 10 aliphatic heterocycles. The third-order valence-electron chi connectivity index (χ3n) is 18.8. The number of phenols is 2. The Balaban J connectivity index is 0.718. The minimum absolute atomic E-state index is 0.00750. The number of rotatable bonds is 16. The lowest BCUT2D eigenvalue weighted by Gasteiger charge is -2.49. The van der Waals surface area contributed by atoms with Crippen LogP contribution in [-0.4, -0.2) is 282 Å². The van der Waals surface area contributed by atoms with E-state index in [1.54, 1.807) is 48.5 Å². The zero-order valence-corrected chi connectivity index (χ0v) is 52.4. The Kier molecular flexibility index (Phi) is 20.0. The highest BCUT2D eigenvalue weighted by Gasteiger charge is 2.73. The number of hydrogen-bond donors (Lipinski definition) is 8. The van der Waals surface area contributed by atoms with Gasteiger partial charge in [0.05, 0.1) is 68.3 Å². The van der Waals surface area contributed by atoms with Gasteiger partial charge in [-0.25, -0.2) is 4.79 Å². The number of fused-ring (bicyclic) bond motifs is 4. The second-order valence-electron chi connectivity index (χ2n) is 25.6. The number of benzene rings is 1. The van der Waals surface area contributed by atoms with Crippen LogP contribution in [0, 0.1) is 12.8 Å². The number of aliphatic hydroxyl groups excluding tert-OH is 5. The van der Waals surface area contributed by atoms with Gasteiger partial charge in [0.15, 0.2) is 54.9 Å². The SMILES string of the molecule is CO[C@@H]1[C@H](O[C@H]2OC[C@@H]3O[C@]4(O[C@H]3[C@H]2OC(=O)C(C)C)O[C@H](C)[C@@](O)(C(C)=O)[C@@H]2OCO[C@H]24)O[C@H](CO)[C@@H](O[C@@H]2O[C@H](C)[C@H](OC)[C@H](O[C@H]3C[C@@]4(C)OC5(C[C@@H](O)[C@H](O[C@H]6C[C@@H](O)[C@H](OC(=O)c7c(C)cc(O)cc7O)[C@@H](C)O6)[C@@H](C)O5)O[C@@H]4[C@@H](C)O3)[C@H]2O)[C@@H]1O. The lowest BCUT2D eigenvalue weighted by molar-refractivity contribution is -0.428. The summed E-state index contributed by atoms with van der Waals surface area (Å²) in [6, 6.07) is 2.29. The van der Waals surface area contributed by atoms with Crippen molar-refractivity contribution >= 4 is 17.7 Å². The van der Waals surface area contributed by atoms with E-state index in [-0.39, 0.29) is 49.5 Å². The van der Waals surface area contributed by atoms with Gasteiger partial charge in [-0.1, -0.05) is 13.8 Å². The summed E-state index contributed by atoms with van der Waals surface area (Å²) in [6.07, 6.45) is -33.5. The first-order chi connectivity index (χ1) is 43.0. The van der Waals surface area contributed by atoms with E-state index in [9.17, 15) is 55.2 Å². The van der Waals surface area contributed by atoms with Crippen molar-refractivity contribution in [2.45, 2.75) is 277 Å². The number of carbonyl (C=O) groups excluding carboxylic acids is 3. The first-order valence-corrected chi connectivity index (χ1v) is 30.7. The second-order valence-corrected chi connectivity index (χ2v) is 25.6. The van der Waals surface area contributed by atoms with Gasteiger partial charge in [-0.05, 0) is 67.0 Å². The quantitative estimate of drug-likeness (QED) is 0.0900. The van der Waals surface area contributed by atoms with Crippen molar-refractivity contribution in [3.63, 3.8) is 0 Å². The number of esters is 2. The highest BCUT2D eigenvalue weighted by atomic mass is 16.9. The van der Waals surface area contributed by atoms with Crippen LogP contribution in [0.25, 0.3) is 0 Å². The van der Waals surface area contributed by atoms with Crippen LogP contribution in [0.2, 0.25) is 0 Å². The molecule has 10 heterocycles. The van der Waals surface area contributed by atoms with Crippen LogP contribution in [0.15, 0.2) is 12.1 Å². The van der Waals surface area contributed by atoms with Gasteiger partial charge in [0.25, 0.3) is 5.97 Å². The average molecular weight is 1310 g/mol. The minimum atomic E-state index is -2.13. The van der Waals surface area contributed by atoms with E-state index in [4.69, 9.17) is 99.5 Å². The fraction of sp³-hybridized carbons (Fsp3) is 0.847. The largest absolute Gasteiger partial charge is 0.508 e. The van der Waals surface area contributed by atoms with Gasteiger partial charge in [-0.2, -0.15) is 0 Å². The predicted molar refractivity (Wildman–Crippen MR) is 293 cm³/mol. The van der Waals surface area contributed by atoms with E-state index in [0.717, 1.165) is 6.07 Å². The maximum Gasteiger partial charge on any atom is 0.342 e. The third-order valence-corrected chi connectivity index (χ3v) is 18.8. The molecule has 2 spiro atoms. The summed E-state index contributed by atoms with van der Waals surface area (Å²) < 4.78 is 130. The summed E-state index contributed by atoms with van der Waals surface area (Å²) in [4.78, 5) is 39.3. The van der Waals surface area contributed by atoms with Gasteiger partial charge in [0, 0.05) is 33.1 Å². The molecule has 0 bridgehead atoms. The Bertz CT molecular complexity index is 2710. The number of aromatic hydroxyl groups is 2. The second kappa shape index (κ2) is 26.4. The molecule has 32 heteroatoms. The maximum atomic E-state index is 13.4. The van der Waals surface area contributed by atoms with Crippen LogP contribution >= 0.6 is 0 Å². The van der Waals surface area contributed by atoms with Crippen LogP contribution in [0.3, 0.4) is 0 Å². The molecule has 10 aliphatic rings. The van der Waals surface area contributed by atoms with Crippen molar-refractivity contribution < 1.29 is 155 Å². The van der Waals surface area contributed by atoms with Crippen molar-refractivity contribution in [3.05, 3.63) is 23.3 Å². The van der Waals surface area contributed by atoms with E-state index >= 15 is 0 Å². The summed E-state index contributed by atoms with van der Waals surface area (Å²) in [5, 5.41) is 89.7. The Morgan fingerprint density at radius 1 is 0.659 bits per heavy atom. The fourth-order valence-corrected chi connectivity index (χ4v) is 14.2. The Labute approximate surface area is 523 Å². The van der Waals surface area contributed by atoms with Crippen LogP contribution in [0.4, 0.5) is 0 Å². The normalized spacial score (nSPS) is 48.9. The Hall–Kier alpha value is -3.57. The summed E-state index contributed by atoms with van der Waals surface area (Å²) in [5.41, 5.74) is -3.26. The molecule has 0 radical (unpaired) electrons.